The molecule has 0 amide bonds. The number of rotatable bonds is 3. The van der Waals surface area contributed by atoms with Gasteiger partial charge in [-0.05, 0) is 19.2 Å². The zero-order chi connectivity index (χ0) is 8.97. The first-order chi connectivity index (χ1) is 5.72. The third-order valence-corrected chi connectivity index (χ3v) is 2.63. The van der Waals surface area contributed by atoms with Gasteiger partial charge in [-0.3, -0.25) is 4.90 Å². The molecule has 1 nitrogen and oxygen atoms in total. The van der Waals surface area contributed by atoms with Crippen molar-refractivity contribution in [3.8, 4) is 12.3 Å². The van der Waals surface area contributed by atoms with Crippen LogP contribution in [0.5, 0.6) is 0 Å². The fourth-order valence-electron chi connectivity index (χ4n) is 0.914. The summed E-state index contributed by atoms with van der Waals surface area (Å²) in [6.07, 6.45) is 5.17. The molecule has 1 rings (SSSR count). The minimum Gasteiger partial charge on any atom is -0.290 e. The second kappa shape index (κ2) is 4.51. The molecule has 0 saturated heterocycles. The molecule has 0 radical (unpaired) electrons. The van der Waals surface area contributed by atoms with E-state index in [0.29, 0.717) is 6.54 Å². The van der Waals surface area contributed by atoms with Gasteiger partial charge >= 0.3 is 0 Å². The van der Waals surface area contributed by atoms with Gasteiger partial charge in [0, 0.05) is 11.4 Å². The molecule has 3 heteroatoms. The van der Waals surface area contributed by atoms with E-state index in [9.17, 15) is 0 Å². The quantitative estimate of drug-likeness (QED) is 0.677. The summed E-state index contributed by atoms with van der Waals surface area (Å²) in [4.78, 5) is 3.32. The van der Waals surface area contributed by atoms with Gasteiger partial charge in [0.05, 0.1) is 10.9 Å². The lowest BCUT2D eigenvalue weighted by Gasteiger charge is -2.10. The Morgan fingerprint density at radius 3 is 2.92 bits per heavy atom. The molecule has 1 aromatic heterocycles. The van der Waals surface area contributed by atoms with Crippen LogP contribution in [0.25, 0.3) is 0 Å². The molecule has 64 valence electrons. The van der Waals surface area contributed by atoms with Crippen LogP contribution < -0.4 is 0 Å². The van der Waals surface area contributed by atoms with E-state index < -0.39 is 0 Å². The van der Waals surface area contributed by atoms with Crippen LogP contribution in [0.3, 0.4) is 0 Å². The van der Waals surface area contributed by atoms with Crippen molar-refractivity contribution in [2.75, 3.05) is 13.6 Å². The van der Waals surface area contributed by atoms with Crippen LogP contribution >= 0.6 is 22.9 Å². The third kappa shape index (κ3) is 2.86. The predicted octanol–water partition coefficient (Wildman–Crippen LogP) is 2.47. The summed E-state index contributed by atoms with van der Waals surface area (Å²) < 4.78 is 0.833. The van der Waals surface area contributed by atoms with Gasteiger partial charge in [-0.15, -0.1) is 17.8 Å². The van der Waals surface area contributed by atoms with Crippen LogP contribution in [0.1, 0.15) is 4.88 Å². The minimum atomic E-state index is 0.676. The average Bonchev–Trinajstić information content (AvgIpc) is 2.36. The van der Waals surface area contributed by atoms with Crippen LogP contribution in [-0.2, 0) is 6.54 Å². The predicted molar refractivity (Wildman–Crippen MR) is 54.5 cm³/mol. The molecule has 0 bridgehead atoms. The summed E-state index contributed by atoms with van der Waals surface area (Å²) in [6.45, 7) is 1.55. The lowest BCUT2D eigenvalue weighted by molar-refractivity contribution is 0.372. The topological polar surface area (TPSA) is 3.24 Å². The zero-order valence-corrected chi connectivity index (χ0v) is 8.45. The molecule has 0 N–H and O–H groups in total. The third-order valence-electron chi connectivity index (χ3n) is 1.42. The molecule has 1 heterocycles. The van der Waals surface area contributed by atoms with Crippen LogP contribution in [-0.4, -0.2) is 18.5 Å². The van der Waals surface area contributed by atoms with Crippen molar-refractivity contribution in [3.05, 3.63) is 21.3 Å². The molecule has 0 saturated carbocycles. The van der Waals surface area contributed by atoms with E-state index >= 15 is 0 Å². The monoisotopic (exact) mass is 199 g/mol. The second-order valence-electron chi connectivity index (χ2n) is 2.58. The lowest BCUT2D eigenvalue weighted by Crippen LogP contribution is -2.16. The van der Waals surface area contributed by atoms with E-state index in [1.165, 1.54) is 4.88 Å². The first kappa shape index (κ1) is 9.60. The zero-order valence-electron chi connectivity index (χ0n) is 6.88. The fourth-order valence-corrected chi connectivity index (χ4v) is 2.08. The number of halogens is 1. The van der Waals surface area contributed by atoms with E-state index in [-0.39, 0.29) is 0 Å². The van der Waals surface area contributed by atoms with Gasteiger partial charge in [0.25, 0.3) is 0 Å². The summed E-state index contributed by atoms with van der Waals surface area (Å²) in [5, 5.41) is 0. The van der Waals surface area contributed by atoms with Crippen molar-refractivity contribution in [3.63, 3.8) is 0 Å². The van der Waals surface area contributed by atoms with Crippen molar-refractivity contribution >= 4 is 22.9 Å². The van der Waals surface area contributed by atoms with Crippen molar-refractivity contribution in [1.29, 1.82) is 0 Å². The highest BCUT2D eigenvalue weighted by Crippen LogP contribution is 2.22. The molecule has 0 unspecified atom stereocenters. The summed E-state index contributed by atoms with van der Waals surface area (Å²) in [6, 6.07) is 3.94. The van der Waals surface area contributed by atoms with Crippen LogP contribution in [0.15, 0.2) is 12.1 Å². The highest BCUT2D eigenvalue weighted by Gasteiger charge is 2.00. The Kier molecular flexibility index (Phi) is 3.61. The lowest BCUT2D eigenvalue weighted by atomic mass is 10.4. The fraction of sp³-hybridized carbons (Fsp3) is 0.333. The number of thiophene rings is 1. The number of nitrogens with zero attached hydrogens (tertiary/aromatic N) is 1. The molecule has 0 atom stereocenters. The van der Waals surface area contributed by atoms with Crippen molar-refractivity contribution < 1.29 is 0 Å². The van der Waals surface area contributed by atoms with Crippen molar-refractivity contribution in [1.82, 2.24) is 4.90 Å². The van der Waals surface area contributed by atoms with Gasteiger partial charge in [0.2, 0.25) is 0 Å². The maximum Gasteiger partial charge on any atom is 0.0931 e. The highest BCUT2D eigenvalue weighted by atomic mass is 35.5. The van der Waals surface area contributed by atoms with Crippen LogP contribution in [0.4, 0.5) is 0 Å². The number of terminal acetylenes is 1. The number of hydrogen-bond acceptors (Lipinski definition) is 2. The standard InChI is InChI=1S/C9H10ClNS/c1-3-6-11(2)7-8-4-5-9(10)12-8/h1,4-5H,6-7H2,2H3. The molecular formula is C9H10ClNS. The van der Waals surface area contributed by atoms with Gasteiger partial charge < -0.3 is 0 Å². The average molecular weight is 200 g/mol. The molecule has 0 aliphatic rings. The van der Waals surface area contributed by atoms with E-state index in [0.717, 1.165) is 10.9 Å². The van der Waals surface area contributed by atoms with Gasteiger partial charge in [-0.25, -0.2) is 0 Å². The molecule has 1 aromatic rings. The molecular weight excluding hydrogens is 190 g/mol. The van der Waals surface area contributed by atoms with Gasteiger partial charge in [-0.1, -0.05) is 17.5 Å². The van der Waals surface area contributed by atoms with E-state index in [1.54, 1.807) is 11.3 Å². The van der Waals surface area contributed by atoms with Gasteiger partial charge in [0.15, 0.2) is 0 Å². The Bertz CT molecular complexity index is 287. The van der Waals surface area contributed by atoms with Crippen LogP contribution in [0, 0.1) is 12.3 Å². The van der Waals surface area contributed by atoms with Gasteiger partial charge in [0.1, 0.15) is 0 Å². The molecule has 0 aliphatic carbocycles. The van der Waals surface area contributed by atoms with E-state index in [2.05, 4.69) is 10.8 Å². The Hall–Kier alpha value is -0.490. The Morgan fingerprint density at radius 1 is 1.67 bits per heavy atom. The minimum absolute atomic E-state index is 0.676. The summed E-state index contributed by atoms with van der Waals surface area (Å²) in [5.41, 5.74) is 0. The van der Waals surface area contributed by atoms with Crippen LogP contribution in [0.2, 0.25) is 4.34 Å². The molecule has 0 aliphatic heterocycles. The first-order valence-corrected chi connectivity index (χ1v) is 4.78. The smallest absolute Gasteiger partial charge is 0.0931 e. The molecule has 0 aromatic carbocycles. The Morgan fingerprint density at radius 2 is 2.42 bits per heavy atom. The Balaban J connectivity index is 2.47. The highest BCUT2D eigenvalue weighted by molar-refractivity contribution is 7.16. The number of hydrogen-bond donors (Lipinski definition) is 0. The maximum absolute atomic E-state index is 5.78. The second-order valence-corrected chi connectivity index (χ2v) is 4.38. The normalized spacial score (nSPS) is 10.2. The van der Waals surface area contributed by atoms with Crippen molar-refractivity contribution in [2.45, 2.75) is 6.54 Å². The van der Waals surface area contributed by atoms with Crippen molar-refractivity contribution in [2.24, 2.45) is 0 Å². The molecule has 0 fully saturated rings. The van der Waals surface area contributed by atoms with E-state index in [4.69, 9.17) is 18.0 Å². The molecule has 0 spiro atoms. The summed E-state index contributed by atoms with van der Waals surface area (Å²) in [7, 11) is 1.99. The Labute approximate surface area is 82.0 Å². The van der Waals surface area contributed by atoms with E-state index in [1.807, 2.05) is 19.2 Å². The SMILES string of the molecule is C#CCN(C)Cc1ccc(Cl)s1. The maximum atomic E-state index is 5.78. The first-order valence-electron chi connectivity index (χ1n) is 3.58. The summed E-state index contributed by atoms with van der Waals surface area (Å²) in [5.74, 6) is 2.59. The summed E-state index contributed by atoms with van der Waals surface area (Å²) >= 11 is 7.38. The molecule has 12 heavy (non-hydrogen) atoms. The van der Waals surface area contributed by atoms with Gasteiger partial charge in [-0.2, -0.15) is 0 Å². The largest absolute Gasteiger partial charge is 0.290 e.